The van der Waals surface area contributed by atoms with Gasteiger partial charge in [0.2, 0.25) is 0 Å². The minimum Gasteiger partial charge on any atom is -0.508 e. The van der Waals surface area contributed by atoms with E-state index in [9.17, 15) is 20.1 Å². The first kappa shape index (κ1) is 27.0. The highest BCUT2D eigenvalue weighted by Crippen LogP contribution is 2.45. The zero-order valence-electron chi connectivity index (χ0n) is 21.8. The van der Waals surface area contributed by atoms with Crippen molar-refractivity contribution >= 4 is 11.4 Å². The molecule has 3 N–H and O–H groups in total. The summed E-state index contributed by atoms with van der Waals surface area (Å²) in [6.07, 6.45) is 6.79. The van der Waals surface area contributed by atoms with E-state index in [1.807, 2.05) is 59.8 Å². The van der Waals surface area contributed by atoms with Crippen molar-refractivity contribution in [1.29, 1.82) is 0 Å². The van der Waals surface area contributed by atoms with Crippen LogP contribution in [0.1, 0.15) is 65.5 Å². The van der Waals surface area contributed by atoms with E-state index in [2.05, 4.69) is 6.08 Å². The summed E-state index contributed by atoms with van der Waals surface area (Å²) in [6.45, 7) is 12.0. The predicted octanol–water partition coefficient (Wildman–Crippen LogP) is 5.51. The van der Waals surface area contributed by atoms with Gasteiger partial charge in [-0.25, -0.2) is 0 Å². The lowest BCUT2D eigenvalue weighted by atomic mass is 9.64. The number of hydrogen-bond donors (Lipinski definition) is 3. The largest absolute Gasteiger partial charge is 0.508 e. The van der Waals surface area contributed by atoms with Gasteiger partial charge in [-0.15, -0.1) is 0 Å². The normalized spacial score (nSPS) is 27.8. The first-order valence-electron chi connectivity index (χ1n) is 12.5. The lowest BCUT2D eigenvalue weighted by Crippen LogP contribution is -2.59. The molecule has 2 aliphatic rings. The van der Waals surface area contributed by atoms with Gasteiger partial charge >= 0.3 is 0 Å². The number of rotatable bonds is 7. The standard InChI is InChI=1S/C30H40O5/c1-17(2)7-10-21-15-20(11-14-25(21)31)24-16-35-30-23(13-9-19(5)6)27(32)22(12-8-18(3)4)28(33)26(30)29(24)34/h7-9,11,14-16,22-23,26-28,30-33H,10,12-13H2,1-6H3. The zero-order chi connectivity index (χ0) is 25.9. The third-order valence-electron chi connectivity index (χ3n) is 7.09. The van der Waals surface area contributed by atoms with E-state index in [0.717, 1.165) is 22.3 Å². The highest BCUT2D eigenvalue weighted by molar-refractivity contribution is 6.22. The predicted molar refractivity (Wildman–Crippen MR) is 140 cm³/mol. The molecule has 0 radical (unpaired) electrons. The molecule has 5 nitrogen and oxygen atoms in total. The number of ether oxygens (including phenoxy) is 1. The fraction of sp³-hybridized carbons (Fsp3) is 0.500. The van der Waals surface area contributed by atoms with Gasteiger partial charge < -0.3 is 20.1 Å². The van der Waals surface area contributed by atoms with Gasteiger partial charge in [-0.1, -0.05) is 41.0 Å². The summed E-state index contributed by atoms with van der Waals surface area (Å²) in [5, 5.41) is 32.9. The molecule has 1 aliphatic carbocycles. The van der Waals surface area contributed by atoms with Crippen LogP contribution in [0.15, 0.2) is 59.4 Å². The molecular weight excluding hydrogens is 440 g/mol. The Hall–Kier alpha value is -2.63. The number of fused-ring (bicyclic) bond motifs is 1. The second-order valence-corrected chi connectivity index (χ2v) is 10.7. The molecule has 1 heterocycles. The Morgan fingerprint density at radius 2 is 1.49 bits per heavy atom. The molecule has 1 aromatic rings. The van der Waals surface area contributed by atoms with E-state index in [4.69, 9.17) is 4.74 Å². The zero-order valence-corrected chi connectivity index (χ0v) is 21.8. The summed E-state index contributed by atoms with van der Waals surface area (Å²) in [5.74, 6) is -1.52. The maximum absolute atomic E-state index is 13.8. The van der Waals surface area contributed by atoms with Crippen LogP contribution in [-0.4, -0.2) is 39.4 Å². The molecule has 0 bridgehead atoms. The molecular formula is C30H40O5. The molecule has 1 aliphatic heterocycles. The first-order chi connectivity index (χ1) is 16.5. The molecule has 0 amide bonds. The number of phenolic OH excluding ortho intramolecular Hbond substituents is 1. The summed E-state index contributed by atoms with van der Waals surface area (Å²) >= 11 is 0. The topological polar surface area (TPSA) is 87.0 Å². The molecule has 0 aromatic heterocycles. The van der Waals surface area contributed by atoms with Crippen LogP contribution in [0.5, 0.6) is 5.75 Å². The van der Waals surface area contributed by atoms with Crippen LogP contribution in [0.2, 0.25) is 0 Å². The summed E-state index contributed by atoms with van der Waals surface area (Å²) in [7, 11) is 0. The molecule has 0 saturated heterocycles. The number of hydrogen-bond acceptors (Lipinski definition) is 5. The monoisotopic (exact) mass is 480 g/mol. The van der Waals surface area contributed by atoms with Crippen molar-refractivity contribution in [3.63, 3.8) is 0 Å². The minimum absolute atomic E-state index is 0.177. The average Bonchev–Trinajstić information content (AvgIpc) is 2.78. The van der Waals surface area contributed by atoms with Crippen LogP contribution >= 0.6 is 0 Å². The van der Waals surface area contributed by atoms with E-state index in [-0.39, 0.29) is 17.5 Å². The quantitative estimate of drug-likeness (QED) is 0.448. The lowest BCUT2D eigenvalue weighted by molar-refractivity contribution is -0.165. The number of carbonyl (C=O) groups excluding carboxylic acids is 1. The molecule has 1 aromatic carbocycles. The van der Waals surface area contributed by atoms with Crippen molar-refractivity contribution in [1.82, 2.24) is 0 Å². The van der Waals surface area contributed by atoms with E-state index in [1.165, 1.54) is 6.26 Å². The maximum Gasteiger partial charge on any atom is 0.175 e. The van der Waals surface area contributed by atoms with Crippen LogP contribution in [0.3, 0.4) is 0 Å². The van der Waals surface area contributed by atoms with Crippen molar-refractivity contribution in [3.8, 4) is 5.75 Å². The molecule has 35 heavy (non-hydrogen) atoms. The number of phenols is 1. The molecule has 0 spiro atoms. The number of ketones is 1. The Balaban J connectivity index is 1.99. The van der Waals surface area contributed by atoms with Gasteiger partial charge in [0.25, 0.3) is 0 Å². The Kier molecular flexibility index (Phi) is 8.79. The van der Waals surface area contributed by atoms with Crippen LogP contribution in [0, 0.1) is 17.8 Å². The van der Waals surface area contributed by atoms with Gasteiger partial charge in [0.1, 0.15) is 11.9 Å². The second-order valence-electron chi connectivity index (χ2n) is 10.7. The number of carbonyl (C=O) groups is 1. The summed E-state index contributed by atoms with van der Waals surface area (Å²) in [4.78, 5) is 13.8. The SMILES string of the molecule is CC(C)=CCc1cc(C2=COC3C(CC=C(C)C)C(O)C(CC=C(C)C)C(O)C3C2=O)ccc1O. The fourth-order valence-corrected chi connectivity index (χ4v) is 5.05. The minimum atomic E-state index is -1.02. The van der Waals surface area contributed by atoms with Crippen LogP contribution in [0.25, 0.3) is 5.57 Å². The fourth-order valence-electron chi connectivity index (χ4n) is 5.05. The number of allylic oxidation sites excluding steroid dienone is 7. The molecule has 190 valence electrons. The molecule has 1 fully saturated rings. The van der Waals surface area contributed by atoms with Gasteiger partial charge in [0.15, 0.2) is 5.78 Å². The van der Waals surface area contributed by atoms with E-state index in [1.54, 1.807) is 12.1 Å². The third-order valence-corrected chi connectivity index (χ3v) is 7.09. The van der Waals surface area contributed by atoms with E-state index >= 15 is 0 Å². The first-order valence-corrected chi connectivity index (χ1v) is 12.5. The van der Waals surface area contributed by atoms with Gasteiger partial charge in [-0.05, 0) is 84.1 Å². The number of aromatic hydroxyl groups is 1. The molecule has 6 unspecified atom stereocenters. The Bertz CT molecular complexity index is 1050. The molecule has 3 rings (SSSR count). The van der Waals surface area contributed by atoms with E-state index in [0.29, 0.717) is 30.4 Å². The van der Waals surface area contributed by atoms with Gasteiger partial charge in [-0.2, -0.15) is 0 Å². The van der Waals surface area contributed by atoms with Crippen molar-refractivity contribution in [2.75, 3.05) is 0 Å². The lowest BCUT2D eigenvalue weighted by Gasteiger charge is -2.48. The highest BCUT2D eigenvalue weighted by Gasteiger charge is 2.54. The Labute approximate surface area is 209 Å². The summed E-state index contributed by atoms with van der Waals surface area (Å²) in [6, 6.07) is 5.12. The van der Waals surface area contributed by atoms with E-state index < -0.39 is 30.1 Å². The maximum atomic E-state index is 13.8. The van der Waals surface area contributed by atoms with Crippen molar-refractivity contribution in [2.45, 2.75) is 79.1 Å². The third kappa shape index (κ3) is 6.14. The Morgan fingerprint density at radius 3 is 2.09 bits per heavy atom. The summed E-state index contributed by atoms with van der Waals surface area (Å²) in [5.41, 5.74) is 5.15. The number of benzene rings is 1. The van der Waals surface area contributed by atoms with Crippen LogP contribution in [-0.2, 0) is 16.0 Å². The summed E-state index contributed by atoms with van der Waals surface area (Å²) < 4.78 is 6.13. The smallest absolute Gasteiger partial charge is 0.175 e. The second kappa shape index (κ2) is 11.4. The van der Waals surface area contributed by atoms with Crippen molar-refractivity contribution < 1.29 is 24.9 Å². The highest BCUT2D eigenvalue weighted by atomic mass is 16.5. The van der Waals surface area contributed by atoms with Crippen molar-refractivity contribution in [2.24, 2.45) is 17.8 Å². The molecule has 1 saturated carbocycles. The van der Waals surface area contributed by atoms with Crippen molar-refractivity contribution in [3.05, 3.63) is 70.5 Å². The van der Waals surface area contributed by atoms with Crippen LogP contribution < -0.4 is 0 Å². The van der Waals surface area contributed by atoms with Crippen LogP contribution in [0.4, 0.5) is 0 Å². The van der Waals surface area contributed by atoms with Gasteiger partial charge in [0, 0.05) is 11.8 Å². The molecule has 5 heteroatoms. The van der Waals surface area contributed by atoms with Gasteiger partial charge in [0.05, 0.1) is 30.0 Å². The number of aliphatic hydroxyl groups is 2. The average molecular weight is 481 g/mol. The number of aliphatic hydroxyl groups excluding tert-OH is 2. The Morgan fingerprint density at radius 1 is 0.886 bits per heavy atom. The van der Waals surface area contributed by atoms with Gasteiger partial charge in [-0.3, -0.25) is 4.79 Å². The number of Topliss-reactive ketones (excluding diaryl/α,β-unsaturated/α-hetero) is 1. The molecule has 6 atom stereocenters.